The molecule has 27 heavy (non-hydrogen) atoms. The van der Waals surface area contributed by atoms with E-state index in [0.717, 1.165) is 47.5 Å². The fourth-order valence-corrected chi connectivity index (χ4v) is 4.78. The summed E-state index contributed by atoms with van der Waals surface area (Å²) in [5.74, 6) is 0. The van der Waals surface area contributed by atoms with Gasteiger partial charge in [-0.3, -0.25) is 9.88 Å². The molecular formula is C19H19BBrCl2N3O. The lowest BCUT2D eigenvalue weighted by atomic mass is 9.84. The lowest BCUT2D eigenvalue weighted by Gasteiger charge is -2.40. The Balaban J connectivity index is 1.81. The molecule has 4 rings (SSSR count). The third-order valence-corrected chi connectivity index (χ3v) is 6.37. The number of nitrogens with zero attached hydrogens (tertiary/aromatic N) is 3. The Morgan fingerprint density at radius 2 is 1.89 bits per heavy atom. The summed E-state index contributed by atoms with van der Waals surface area (Å²) in [5.41, 5.74) is 4.23. The van der Waals surface area contributed by atoms with E-state index in [1.54, 1.807) is 6.20 Å². The van der Waals surface area contributed by atoms with Crippen molar-refractivity contribution in [3.05, 3.63) is 62.9 Å². The van der Waals surface area contributed by atoms with E-state index in [2.05, 4.69) is 37.8 Å². The Kier molecular flexibility index (Phi) is 5.65. The molecule has 0 unspecified atom stereocenters. The number of halogens is 3. The number of piperazine rings is 1. The fraction of sp³-hybridized carbons (Fsp3) is 0.316. The first-order chi connectivity index (χ1) is 12.9. The molecule has 0 bridgehead atoms. The second-order valence-corrected chi connectivity index (χ2v) is 8.69. The van der Waals surface area contributed by atoms with Gasteiger partial charge in [0.2, 0.25) is 0 Å². The third-order valence-electron chi connectivity index (χ3n) is 5.27. The van der Waals surface area contributed by atoms with Gasteiger partial charge in [0.05, 0.1) is 16.8 Å². The molecule has 1 fully saturated rings. The molecule has 0 radical (unpaired) electrons. The number of rotatable bonds is 2. The van der Waals surface area contributed by atoms with Crippen molar-refractivity contribution in [3.8, 4) is 0 Å². The van der Waals surface area contributed by atoms with Gasteiger partial charge < -0.3 is 9.83 Å². The topological polar surface area (TPSA) is 39.6 Å². The smallest absolute Gasteiger partial charge is 0.376 e. The zero-order valence-electron chi connectivity index (χ0n) is 14.9. The normalized spacial score (nSPS) is 20.5. The molecule has 2 aromatic rings. The summed E-state index contributed by atoms with van der Waals surface area (Å²) in [6.45, 7) is 5.14. The van der Waals surface area contributed by atoms with Crippen molar-refractivity contribution in [2.24, 2.45) is 0 Å². The first kappa shape index (κ1) is 19.4. The van der Waals surface area contributed by atoms with Gasteiger partial charge in [0, 0.05) is 47.4 Å². The minimum atomic E-state index is -0.424. The van der Waals surface area contributed by atoms with Gasteiger partial charge >= 0.3 is 7.05 Å². The number of hydrogen-bond acceptors (Lipinski definition) is 4. The van der Waals surface area contributed by atoms with E-state index in [9.17, 15) is 5.02 Å². The van der Waals surface area contributed by atoms with Crippen LogP contribution in [0.3, 0.4) is 0 Å². The van der Waals surface area contributed by atoms with E-state index in [4.69, 9.17) is 28.2 Å². The maximum atomic E-state index is 9.88. The second-order valence-electron chi connectivity index (χ2n) is 6.96. The Hall–Kier alpha value is -0.885. The average Bonchev–Trinajstić information content (AvgIpc) is 2.75. The van der Waals surface area contributed by atoms with Crippen LogP contribution in [0.15, 0.2) is 30.5 Å². The van der Waals surface area contributed by atoms with Gasteiger partial charge in [-0.15, -0.1) is 0 Å². The number of hydrogen-bond donors (Lipinski definition) is 1. The van der Waals surface area contributed by atoms with Crippen LogP contribution in [0.2, 0.25) is 16.9 Å². The highest BCUT2D eigenvalue weighted by Gasteiger charge is 2.33. The minimum absolute atomic E-state index is 0.00647. The highest BCUT2D eigenvalue weighted by atomic mass is 79.9. The van der Waals surface area contributed by atoms with Gasteiger partial charge in [0.15, 0.2) is 0 Å². The van der Waals surface area contributed by atoms with Crippen molar-refractivity contribution in [1.82, 2.24) is 14.7 Å². The summed E-state index contributed by atoms with van der Waals surface area (Å²) in [4.78, 5) is 9.23. The van der Waals surface area contributed by atoms with Gasteiger partial charge in [0.1, 0.15) is 0 Å². The van der Waals surface area contributed by atoms with E-state index < -0.39 is 7.05 Å². The van der Waals surface area contributed by atoms with Gasteiger partial charge in [-0.25, -0.2) is 0 Å². The molecule has 1 aromatic carbocycles. The molecule has 1 atom stereocenters. The largest absolute Gasteiger partial charge is 0.437 e. The molecule has 0 spiro atoms. The van der Waals surface area contributed by atoms with Crippen LogP contribution in [0.1, 0.15) is 28.4 Å². The van der Waals surface area contributed by atoms with E-state index in [1.165, 1.54) is 5.56 Å². The molecule has 8 heteroatoms. The molecule has 1 aliphatic heterocycles. The Labute approximate surface area is 178 Å². The van der Waals surface area contributed by atoms with Crippen molar-refractivity contribution in [2.75, 3.05) is 26.2 Å². The van der Waals surface area contributed by atoms with Crippen LogP contribution < -0.4 is 0 Å². The fourth-order valence-electron chi connectivity index (χ4n) is 3.88. The van der Waals surface area contributed by atoms with E-state index in [1.807, 2.05) is 25.0 Å². The molecule has 1 saturated heterocycles. The molecule has 140 valence electrons. The summed E-state index contributed by atoms with van der Waals surface area (Å²) in [6, 6.07) is 7.97. The van der Waals surface area contributed by atoms with Crippen molar-refractivity contribution < 1.29 is 5.02 Å². The van der Waals surface area contributed by atoms with E-state index in [-0.39, 0.29) is 6.04 Å². The number of aromatic nitrogens is 1. The molecule has 1 aromatic heterocycles. The lowest BCUT2D eigenvalue weighted by molar-refractivity contribution is 0.144. The minimum Gasteiger partial charge on any atom is -0.437 e. The van der Waals surface area contributed by atoms with Crippen LogP contribution in [-0.2, 0) is 0 Å². The van der Waals surface area contributed by atoms with Crippen LogP contribution in [0, 0.1) is 0 Å². The summed E-state index contributed by atoms with van der Waals surface area (Å²) >= 11 is 16.2. The molecule has 2 heterocycles. The first-order valence-corrected chi connectivity index (χ1v) is 10.5. The van der Waals surface area contributed by atoms with E-state index in [0.29, 0.717) is 10.0 Å². The highest BCUT2D eigenvalue weighted by Crippen LogP contribution is 2.42. The summed E-state index contributed by atoms with van der Waals surface area (Å²) in [5, 5.41) is 11.2. The van der Waals surface area contributed by atoms with Crippen LogP contribution in [-0.4, -0.2) is 52.9 Å². The average molecular weight is 467 g/mol. The van der Waals surface area contributed by atoms with Crippen molar-refractivity contribution in [2.45, 2.75) is 12.9 Å². The second kappa shape index (κ2) is 7.86. The molecule has 2 aliphatic rings. The first-order valence-electron chi connectivity index (χ1n) is 8.92. The Morgan fingerprint density at radius 1 is 1.15 bits per heavy atom. The van der Waals surface area contributed by atoms with E-state index >= 15 is 0 Å². The molecule has 0 saturated carbocycles. The van der Waals surface area contributed by atoms with Gasteiger partial charge in [-0.1, -0.05) is 45.2 Å². The molecular weight excluding hydrogens is 448 g/mol. The number of pyridine rings is 1. The van der Waals surface area contributed by atoms with Crippen LogP contribution >= 0.6 is 39.1 Å². The SMILES string of the molecule is CB(O)N1CCN([C@H]2c3ccc(Cl)cc3C=C(Br)c3cc(Cl)cnc32)CC1. The predicted octanol–water partition coefficient (Wildman–Crippen LogP) is 4.41. The number of fused-ring (bicyclic) bond motifs is 2. The Morgan fingerprint density at radius 3 is 2.59 bits per heavy atom. The highest BCUT2D eigenvalue weighted by molar-refractivity contribution is 9.15. The van der Waals surface area contributed by atoms with Gasteiger partial charge in [0.25, 0.3) is 0 Å². The summed E-state index contributed by atoms with van der Waals surface area (Å²) in [7, 11) is -0.424. The maximum absolute atomic E-state index is 9.88. The van der Waals surface area contributed by atoms with Crippen molar-refractivity contribution in [3.63, 3.8) is 0 Å². The van der Waals surface area contributed by atoms with Crippen LogP contribution in [0.25, 0.3) is 10.6 Å². The summed E-state index contributed by atoms with van der Waals surface area (Å²) < 4.78 is 0.945. The molecule has 1 N–H and O–H groups in total. The summed E-state index contributed by atoms with van der Waals surface area (Å²) in [6.07, 6.45) is 3.80. The monoisotopic (exact) mass is 465 g/mol. The van der Waals surface area contributed by atoms with Crippen LogP contribution in [0.4, 0.5) is 0 Å². The quantitative estimate of drug-likeness (QED) is 0.665. The molecule has 0 amide bonds. The van der Waals surface area contributed by atoms with Crippen LogP contribution in [0.5, 0.6) is 0 Å². The van der Waals surface area contributed by atoms with Gasteiger partial charge in [-0.2, -0.15) is 0 Å². The third kappa shape index (κ3) is 3.84. The Bertz CT molecular complexity index is 901. The number of benzene rings is 1. The maximum Gasteiger partial charge on any atom is 0.376 e. The zero-order chi connectivity index (χ0) is 19.1. The predicted molar refractivity (Wildman–Crippen MR) is 116 cm³/mol. The van der Waals surface area contributed by atoms with Crippen molar-refractivity contribution >= 4 is 56.7 Å². The molecule has 1 aliphatic carbocycles. The van der Waals surface area contributed by atoms with Gasteiger partial charge in [-0.05, 0) is 42.2 Å². The standard InChI is InChI=1S/C19H19BBrCl2N3O/c1-20(27)26-6-4-25(5-7-26)19-15-3-2-13(22)8-12(15)9-17(21)16-10-14(23)11-24-18(16)19/h2-3,8-11,19,27H,4-7H2,1H3/t19-/m0/s1. The molecule has 4 nitrogen and oxygen atoms in total. The zero-order valence-corrected chi connectivity index (χ0v) is 18.0. The lowest BCUT2D eigenvalue weighted by Crippen LogP contribution is -2.52. The van der Waals surface area contributed by atoms with Crippen molar-refractivity contribution in [1.29, 1.82) is 0 Å².